The van der Waals surface area contributed by atoms with E-state index in [1.165, 1.54) is 0 Å². The molecule has 0 radical (unpaired) electrons. The number of likely N-dealkylation sites (tertiary alicyclic amines) is 1. The molecule has 0 N–H and O–H groups in total. The topological polar surface area (TPSA) is 58.4 Å². The summed E-state index contributed by atoms with van der Waals surface area (Å²) in [4.78, 5) is 30.0. The van der Waals surface area contributed by atoms with Gasteiger partial charge in [0.25, 0.3) is 5.91 Å². The Labute approximate surface area is 144 Å². The van der Waals surface area contributed by atoms with Crippen molar-refractivity contribution in [3.8, 4) is 0 Å². The van der Waals surface area contributed by atoms with Gasteiger partial charge in [-0.15, -0.1) is 11.3 Å². The molecule has 0 aromatic carbocycles. The zero-order valence-electron chi connectivity index (χ0n) is 13.6. The van der Waals surface area contributed by atoms with Crippen molar-refractivity contribution in [2.45, 2.75) is 32.2 Å². The van der Waals surface area contributed by atoms with Gasteiger partial charge in [0.05, 0.1) is 22.8 Å². The van der Waals surface area contributed by atoms with Crippen molar-refractivity contribution in [2.24, 2.45) is 0 Å². The van der Waals surface area contributed by atoms with Gasteiger partial charge in [-0.25, -0.2) is 0 Å². The van der Waals surface area contributed by atoms with Crippen LogP contribution in [0.4, 0.5) is 5.69 Å². The summed E-state index contributed by atoms with van der Waals surface area (Å²) in [7, 11) is 0. The number of hydrogen-bond donors (Lipinski definition) is 0. The summed E-state index contributed by atoms with van der Waals surface area (Å²) in [5.74, 6) is 0.281. The molecular formula is C17H20N4O2S. The fourth-order valence-corrected chi connectivity index (χ4v) is 4.27. The number of nitrogens with zero attached hydrogens (tertiary/aromatic N) is 4. The standard InChI is InChI=1S/C17H20N4O2S/c1-12-4-5-15(24-12)17(23)19-8-6-13(10-19)21-11-14(9-18-21)20-7-2-3-16(20)22/h4-5,9,11,13H,2-3,6-8,10H2,1H3. The molecule has 2 fully saturated rings. The molecule has 1 unspecified atom stereocenters. The minimum Gasteiger partial charge on any atom is -0.336 e. The number of rotatable bonds is 3. The Morgan fingerprint density at radius 1 is 1.33 bits per heavy atom. The zero-order chi connectivity index (χ0) is 16.7. The monoisotopic (exact) mass is 344 g/mol. The van der Waals surface area contributed by atoms with Crippen LogP contribution in [0.5, 0.6) is 0 Å². The highest BCUT2D eigenvalue weighted by molar-refractivity contribution is 7.13. The maximum absolute atomic E-state index is 12.5. The van der Waals surface area contributed by atoms with Crippen LogP contribution in [-0.2, 0) is 4.79 Å². The Bertz CT molecular complexity index is 781. The number of aromatic nitrogens is 2. The van der Waals surface area contributed by atoms with Crippen molar-refractivity contribution in [2.75, 3.05) is 24.5 Å². The van der Waals surface area contributed by atoms with Crippen LogP contribution < -0.4 is 4.90 Å². The molecule has 7 heteroatoms. The molecule has 4 heterocycles. The molecule has 2 amide bonds. The highest BCUT2D eigenvalue weighted by Gasteiger charge is 2.30. The van der Waals surface area contributed by atoms with E-state index in [2.05, 4.69) is 5.10 Å². The Morgan fingerprint density at radius 2 is 2.21 bits per heavy atom. The molecule has 2 saturated heterocycles. The van der Waals surface area contributed by atoms with Crippen LogP contribution in [0, 0.1) is 6.92 Å². The van der Waals surface area contributed by atoms with E-state index in [-0.39, 0.29) is 17.9 Å². The van der Waals surface area contributed by atoms with Gasteiger partial charge in [-0.3, -0.25) is 14.3 Å². The van der Waals surface area contributed by atoms with E-state index in [1.807, 2.05) is 34.8 Å². The molecule has 2 aromatic rings. The summed E-state index contributed by atoms with van der Waals surface area (Å²) in [6.45, 7) is 4.21. The van der Waals surface area contributed by atoms with Gasteiger partial charge in [0.2, 0.25) is 5.91 Å². The van der Waals surface area contributed by atoms with Crippen molar-refractivity contribution in [3.05, 3.63) is 34.3 Å². The average Bonchev–Trinajstić information content (AvgIpc) is 3.33. The van der Waals surface area contributed by atoms with Gasteiger partial charge in [-0.05, 0) is 31.9 Å². The summed E-state index contributed by atoms with van der Waals surface area (Å²) in [6.07, 6.45) is 6.13. The van der Waals surface area contributed by atoms with Crippen LogP contribution in [0.25, 0.3) is 0 Å². The molecule has 2 aromatic heterocycles. The van der Waals surface area contributed by atoms with Crippen LogP contribution in [0.3, 0.4) is 0 Å². The normalized spacial score (nSPS) is 21.0. The van der Waals surface area contributed by atoms with E-state index in [0.29, 0.717) is 13.0 Å². The number of carbonyl (C=O) groups is 2. The fourth-order valence-electron chi connectivity index (χ4n) is 3.44. The minimum atomic E-state index is 0.109. The van der Waals surface area contributed by atoms with Crippen molar-refractivity contribution < 1.29 is 9.59 Å². The second-order valence-electron chi connectivity index (χ2n) is 6.43. The SMILES string of the molecule is Cc1ccc(C(=O)N2CCC(n3cc(N4CCCC4=O)cn3)C2)s1. The van der Waals surface area contributed by atoms with E-state index in [1.54, 1.807) is 22.4 Å². The molecule has 2 aliphatic heterocycles. The number of thiophene rings is 1. The van der Waals surface area contributed by atoms with Crippen molar-refractivity contribution >= 4 is 28.8 Å². The number of hydrogen-bond acceptors (Lipinski definition) is 4. The summed E-state index contributed by atoms with van der Waals surface area (Å²) in [5, 5.41) is 4.44. The lowest BCUT2D eigenvalue weighted by atomic mass is 10.3. The van der Waals surface area contributed by atoms with Crippen molar-refractivity contribution in [1.29, 1.82) is 0 Å². The molecular weight excluding hydrogens is 324 g/mol. The summed E-state index contributed by atoms with van der Waals surface area (Å²) >= 11 is 1.54. The van der Waals surface area contributed by atoms with Gasteiger partial charge in [0.1, 0.15) is 0 Å². The molecule has 4 rings (SSSR count). The highest BCUT2D eigenvalue weighted by atomic mass is 32.1. The first-order valence-corrected chi connectivity index (χ1v) is 9.14. The number of amides is 2. The Hall–Kier alpha value is -2.15. The van der Waals surface area contributed by atoms with Crippen LogP contribution in [-0.4, -0.2) is 46.1 Å². The van der Waals surface area contributed by atoms with Crippen LogP contribution >= 0.6 is 11.3 Å². The van der Waals surface area contributed by atoms with E-state index in [9.17, 15) is 9.59 Å². The molecule has 0 bridgehead atoms. The first kappa shape index (κ1) is 15.4. The summed E-state index contributed by atoms with van der Waals surface area (Å²) < 4.78 is 1.91. The fraction of sp³-hybridized carbons (Fsp3) is 0.471. The smallest absolute Gasteiger partial charge is 0.264 e. The average molecular weight is 344 g/mol. The van der Waals surface area contributed by atoms with Gasteiger partial charge in [0, 0.05) is 37.1 Å². The predicted octanol–water partition coefficient (Wildman–Crippen LogP) is 2.47. The van der Waals surface area contributed by atoms with Crippen molar-refractivity contribution in [3.63, 3.8) is 0 Å². The second kappa shape index (κ2) is 6.05. The number of aryl methyl sites for hydroxylation is 1. The molecule has 6 nitrogen and oxygen atoms in total. The molecule has 0 spiro atoms. The van der Waals surface area contributed by atoms with Gasteiger partial charge in [-0.2, -0.15) is 5.10 Å². The summed E-state index contributed by atoms with van der Waals surface area (Å²) in [5.41, 5.74) is 0.871. The van der Waals surface area contributed by atoms with Gasteiger partial charge in [0.15, 0.2) is 0 Å². The number of anilines is 1. The zero-order valence-corrected chi connectivity index (χ0v) is 14.5. The highest BCUT2D eigenvalue weighted by Crippen LogP contribution is 2.27. The molecule has 0 saturated carbocycles. The first-order chi connectivity index (χ1) is 11.6. The Kier molecular flexibility index (Phi) is 3.88. The third kappa shape index (κ3) is 2.73. The molecule has 1 atom stereocenters. The number of carbonyl (C=O) groups excluding carboxylic acids is 2. The third-order valence-corrected chi connectivity index (χ3v) is 5.74. The lowest BCUT2D eigenvalue weighted by Gasteiger charge is -2.16. The van der Waals surface area contributed by atoms with E-state index in [0.717, 1.165) is 41.4 Å². The van der Waals surface area contributed by atoms with E-state index in [4.69, 9.17) is 0 Å². The second-order valence-corrected chi connectivity index (χ2v) is 7.72. The van der Waals surface area contributed by atoms with Crippen molar-refractivity contribution in [1.82, 2.24) is 14.7 Å². The Morgan fingerprint density at radius 3 is 2.92 bits per heavy atom. The van der Waals surface area contributed by atoms with Gasteiger partial charge < -0.3 is 9.80 Å². The lowest BCUT2D eigenvalue weighted by Crippen LogP contribution is -2.28. The predicted molar refractivity (Wildman–Crippen MR) is 92.4 cm³/mol. The van der Waals surface area contributed by atoms with Gasteiger partial charge in [-0.1, -0.05) is 0 Å². The van der Waals surface area contributed by atoms with Crippen LogP contribution in [0.2, 0.25) is 0 Å². The molecule has 24 heavy (non-hydrogen) atoms. The third-order valence-electron chi connectivity index (χ3n) is 4.75. The molecule has 2 aliphatic rings. The largest absolute Gasteiger partial charge is 0.336 e. The maximum Gasteiger partial charge on any atom is 0.264 e. The lowest BCUT2D eigenvalue weighted by molar-refractivity contribution is -0.117. The van der Waals surface area contributed by atoms with E-state index < -0.39 is 0 Å². The molecule has 126 valence electrons. The van der Waals surface area contributed by atoms with Crippen LogP contribution in [0.1, 0.15) is 39.9 Å². The van der Waals surface area contributed by atoms with Gasteiger partial charge >= 0.3 is 0 Å². The van der Waals surface area contributed by atoms with Crippen LogP contribution in [0.15, 0.2) is 24.5 Å². The maximum atomic E-state index is 12.5. The summed E-state index contributed by atoms with van der Waals surface area (Å²) in [6, 6.07) is 4.07. The first-order valence-electron chi connectivity index (χ1n) is 8.32. The quantitative estimate of drug-likeness (QED) is 0.859. The Balaban J connectivity index is 1.44. The van der Waals surface area contributed by atoms with E-state index >= 15 is 0 Å². The molecule has 0 aliphatic carbocycles. The minimum absolute atomic E-state index is 0.109.